The van der Waals surface area contributed by atoms with Crippen LogP contribution in [0.3, 0.4) is 0 Å². The van der Waals surface area contributed by atoms with Gasteiger partial charge in [0.2, 0.25) is 0 Å². The molecule has 1 heterocycles. The largest absolute Gasteiger partial charge is 0.465 e. The molecule has 1 aromatic heterocycles. The molecular formula is C13H20N2O2. The average Bonchev–Trinajstić information content (AvgIpc) is 2.39. The van der Waals surface area contributed by atoms with Crippen molar-refractivity contribution in [2.75, 3.05) is 7.11 Å². The molecule has 1 rings (SSSR count). The van der Waals surface area contributed by atoms with Crippen molar-refractivity contribution in [3.63, 3.8) is 0 Å². The van der Waals surface area contributed by atoms with Gasteiger partial charge in [0.1, 0.15) is 0 Å². The molecule has 0 aliphatic carbocycles. The van der Waals surface area contributed by atoms with Gasteiger partial charge in [0, 0.05) is 18.8 Å². The van der Waals surface area contributed by atoms with E-state index in [1.54, 1.807) is 12.3 Å². The zero-order chi connectivity index (χ0) is 12.7. The standard InChI is InChI=1S/C13H20N2O2/c1-4-11(5-2)15-9-12-7-6-10(8-14-12)13(16)17-3/h6-8,11,15H,4-5,9H2,1-3H3. The maximum Gasteiger partial charge on any atom is 0.339 e. The summed E-state index contributed by atoms with van der Waals surface area (Å²) < 4.78 is 4.61. The Kier molecular flexibility index (Phi) is 5.63. The van der Waals surface area contributed by atoms with Gasteiger partial charge >= 0.3 is 5.97 Å². The number of esters is 1. The van der Waals surface area contributed by atoms with E-state index in [-0.39, 0.29) is 5.97 Å². The lowest BCUT2D eigenvalue weighted by molar-refractivity contribution is 0.0600. The average molecular weight is 236 g/mol. The first kappa shape index (κ1) is 13.6. The van der Waals surface area contributed by atoms with Crippen LogP contribution in [0.2, 0.25) is 0 Å². The Balaban J connectivity index is 2.53. The molecule has 0 spiro atoms. The number of nitrogens with one attached hydrogen (secondary N) is 1. The topological polar surface area (TPSA) is 51.2 Å². The van der Waals surface area contributed by atoms with Crippen LogP contribution in [0.15, 0.2) is 18.3 Å². The van der Waals surface area contributed by atoms with Crippen LogP contribution >= 0.6 is 0 Å². The Morgan fingerprint density at radius 2 is 2.12 bits per heavy atom. The molecule has 0 unspecified atom stereocenters. The van der Waals surface area contributed by atoms with Gasteiger partial charge in [-0.15, -0.1) is 0 Å². The molecule has 0 saturated heterocycles. The fourth-order valence-corrected chi connectivity index (χ4v) is 1.59. The third-order valence-corrected chi connectivity index (χ3v) is 2.80. The Morgan fingerprint density at radius 3 is 2.59 bits per heavy atom. The van der Waals surface area contributed by atoms with Crippen molar-refractivity contribution in [2.24, 2.45) is 0 Å². The molecule has 0 fully saturated rings. The first-order valence-corrected chi connectivity index (χ1v) is 5.97. The van der Waals surface area contributed by atoms with Gasteiger partial charge in [-0.3, -0.25) is 4.98 Å². The van der Waals surface area contributed by atoms with E-state index in [0.717, 1.165) is 25.1 Å². The van der Waals surface area contributed by atoms with Gasteiger partial charge in [0.25, 0.3) is 0 Å². The molecule has 17 heavy (non-hydrogen) atoms. The number of carbonyl (C=O) groups is 1. The number of aromatic nitrogens is 1. The van der Waals surface area contributed by atoms with Crippen molar-refractivity contribution in [1.82, 2.24) is 10.3 Å². The summed E-state index contributed by atoms with van der Waals surface area (Å²) in [6.45, 7) is 5.05. The molecule has 0 aromatic carbocycles. The molecule has 0 aliphatic heterocycles. The monoisotopic (exact) mass is 236 g/mol. The van der Waals surface area contributed by atoms with Crippen LogP contribution in [0.4, 0.5) is 0 Å². The number of hydrogen-bond donors (Lipinski definition) is 1. The summed E-state index contributed by atoms with van der Waals surface area (Å²) in [5.74, 6) is -0.350. The highest BCUT2D eigenvalue weighted by Crippen LogP contribution is 2.03. The third-order valence-electron chi connectivity index (χ3n) is 2.80. The number of methoxy groups -OCH3 is 1. The summed E-state index contributed by atoms with van der Waals surface area (Å²) in [5, 5.41) is 3.42. The van der Waals surface area contributed by atoms with Gasteiger partial charge in [0.15, 0.2) is 0 Å². The van der Waals surface area contributed by atoms with E-state index >= 15 is 0 Å². The lowest BCUT2D eigenvalue weighted by atomic mass is 10.1. The van der Waals surface area contributed by atoms with Crippen LogP contribution in [0.1, 0.15) is 42.7 Å². The van der Waals surface area contributed by atoms with E-state index in [2.05, 4.69) is 28.9 Å². The lowest BCUT2D eigenvalue weighted by Crippen LogP contribution is -2.27. The maximum absolute atomic E-state index is 11.2. The second-order valence-corrected chi connectivity index (χ2v) is 3.92. The van der Waals surface area contributed by atoms with E-state index in [4.69, 9.17) is 0 Å². The molecule has 1 N–H and O–H groups in total. The van der Waals surface area contributed by atoms with Crippen molar-refractivity contribution in [3.05, 3.63) is 29.6 Å². The first-order valence-electron chi connectivity index (χ1n) is 5.97. The zero-order valence-electron chi connectivity index (χ0n) is 10.7. The normalized spacial score (nSPS) is 10.6. The van der Waals surface area contributed by atoms with Crippen LogP contribution in [0.25, 0.3) is 0 Å². The van der Waals surface area contributed by atoms with Crippen LogP contribution in [0.5, 0.6) is 0 Å². The molecule has 4 nitrogen and oxygen atoms in total. The van der Waals surface area contributed by atoms with E-state index in [9.17, 15) is 4.79 Å². The summed E-state index contributed by atoms with van der Waals surface area (Å²) in [6, 6.07) is 4.11. The number of rotatable bonds is 6. The maximum atomic E-state index is 11.2. The summed E-state index contributed by atoms with van der Waals surface area (Å²) in [5.41, 5.74) is 1.42. The SMILES string of the molecule is CCC(CC)NCc1ccc(C(=O)OC)cn1. The summed E-state index contributed by atoms with van der Waals surface area (Å²) in [6.07, 6.45) is 3.77. The Bertz CT molecular complexity index is 345. The summed E-state index contributed by atoms with van der Waals surface area (Å²) >= 11 is 0. The first-order chi connectivity index (χ1) is 8.21. The van der Waals surface area contributed by atoms with Crippen molar-refractivity contribution < 1.29 is 9.53 Å². The Morgan fingerprint density at radius 1 is 1.41 bits per heavy atom. The minimum absolute atomic E-state index is 0.350. The molecule has 94 valence electrons. The van der Waals surface area contributed by atoms with Crippen molar-refractivity contribution in [1.29, 1.82) is 0 Å². The fraction of sp³-hybridized carbons (Fsp3) is 0.538. The molecule has 0 bridgehead atoms. The fourth-order valence-electron chi connectivity index (χ4n) is 1.59. The van der Waals surface area contributed by atoms with Gasteiger partial charge in [-0.1, -0.05) is 13.8 Å². The minimum atomic E-state index is -0.350. The second-order valence-electron chi connectivity index (χ2n) is 3.92. The molecule has 0 aliphatic rings. The quantitative estimate of drug-likeness (QED) is 0.769. The van der Waals surface area contributed by atoms with Gasteiger partial charge < -0.3 is 10.1 Å². The lowest BCUT2D eigenvalue weighted by Gasteiger charge is -2.14. The molecular weight excluding hydrogens is 216 g/mol. The minimum Gasteiger partial charge on any atom is -0.465 e. The molecule has 1 aromatic rings. The third kappa shape index (κ3) is 4.15. The highest BCUT2D eigenvalue weighted by atomic mass is 16.5. The van der Waals surface area contributed by atoms with E-state index < -0.39 is 0 Å². The Hall–Kier alpha value is -1.42. The molecule has 0 saturated carbocycles. The summed E-state index contributed by atoms with van der Waals surface area (Å²) in [7, 11) is 1.37. The van der Waals surface area contributed by atoms with Gasteiger partial charge in [-0.25, -0.2) is 4.79 Å². The van der Waals surface area contributed by atoms with E-state index in [0.29, 0.717) is 11.6 Å². The second kappa shape index (κ2) is 7.01. The number of hydrogen-bond acceptors (Lipinski definition) is 4. The molecule has 4 heteroatoms. The van der Waals surface area contributed by atoms with Gasteiger partial charge in [-0.2, -0.15) is 0 Å². The van der Waals surface area contributed by atoms with Crippen LogP contribution in [0, 0.1) is 0 Å². The number of pyridine rings is 1. The predicted molar refractivity (Wildman–Crippen MR) is 66.8 cm³/mol. The Labute approximate surface area is 102 Å². The van der Waals surface area contributed by atoms with Gasteiger partial charge in [0.05, 0.1) is 18.4 Å². The molecule has 0 radical (unpaired) electrons. The van der Waals surface area contributed by atoms with E-state index in [1.807, 2.05) is 6.07 Å². The van der Waals surface area contributed by atoms with Crippen LogP contribution < -0.4 is 5.32 Å². The van der Waals surface area contributed by atoms with Crippen LogP contribution in [-0.4, -0.2) is 24.1 Å². The number of ether oxygens (including phenoxy) is 1. The van der Waals surface area contributed by atoms with Crippen molar-refractivity contribution in [2.45, 2.75) is 39.3 Å². The molecule has 0 atom stereocenters. The predicted octanol–water partition coefficient (Wildman–Crippen LogP) is 2.15. The van der Waals surface area contributed by atoms with E-state index in [1.165, 1.54) is 7.11 Å². The highest BCUT2D eigenvalue weighted by Gasteiger charge is 2.06. The number of nitrogens with zero attached hydrogens (tertiary/aromatic N) is 1. The van der Waals surface area contributed by atoms with Crippen molar-refractivity contribution >= 4 is 5.97 Å². The van der Waals surface area contributed by atoms with Gasteiger partial charge in [-0.05, 0) is 25.0 Å². The summed E-state index contributed by atoms with van der Waals surface area (Å²) in [4.78, 5) is 15.4. The zero-order valence-corrected chi connectivity index (χ0v) is 10.7. The number of carbonyl (C=O) groups excluding carboxylic acids is 1. The van der Waals surface area contributed by atoms with Crippen molar-refractivity contribution in [3.8, 4) is 0 Å². The molecule has 0 amide bonds. The smallest absolute Gasteiger partial charge is 0.339 e. The van der Waals surface area contributed by atoms with Crippen LogP contribution in [-0.2, 0) is 11.3 Å². The highest BCUT2D eigenvalue weighted by molar-refractivity contribution is 5.88.